The molecule has 0 bridgehead atoms. The molecule has 0 radical (unpaired) electrons. The Balaban J connectivity index is 3.07. The Hall–Kier alpha value is -1.71. The maximum atomic E-state index is 13.1. The first-order valence-corrected chi connectivity index (χ1v) is 4.24. The third kappa shape index (κ3) is 2.39. The molecule has 0 aliphatic rings. The third-order valence-electron chi connectivity index (χ3n) is 1.82. The molecule has 4 heteroatoms. The second kappa shape index (κ2) is 4.50. The summed E-state index contributed by atoms with van der Waals surface area (Å²) in [5.41, 5.74) is 0.260. The van der Waals surface area contributed by atoms with E-state index in [1.165, 1.54) is 18.2 Å². The molecule has 0 unspecified atom stereocenters. The summed E-state index contributed by atoms with van der Waals surface area (Å²) in [7, 11) is 0. The minimum Gasteiger partial charge on any atom is -0.259 e. The number of rotatable bonds is 3. The van der Waals surface area contributed by atoms with E-state index in [-0.39, 0.29) is 17.7 Å². The van der Waals surface area contributed by atoms with Crippen LogP contribution in [0.4, 0.5) is 4.39 Å². The van der Waals surface area contributed by atoms with E-state index in [0.717, 1.165) is 0 Å². The van der Waals surface area contributed by atoms with Gasteiger partial charge in [0.05, 0.1) is 4.92 Å². The Morgan fingerprint density at radius 2 is 2.21 bits per heavy atom. The molecule has 0 amide bonds. The van der Waals surface area contributed by atoms with Gasteiger partial charge in [-0.1, -0.05) is 25.1 Å². The van der Waals surface area contributed by atoms with E-state index in [2.05, 4.69) is 0 Å². The molecule has 1 aromatic rings. The quantitative estimate of drug-likeness (QED) is 0.549. The van der Waals surface area contributed by atoms with Crippen LogP contribution < -0.4 is 0 Å². The molecule has 0 aliphatic carbocycles. The molecule has 1 rings (SSSR count). The largest absolute Gasteiger partial charge is 0.259 e. The van der Waals surface area contributed by atoms with Crippen molar-refractivity contribution in [1.82, 2.24) is 0 Å². The fourth-order valence-corrected chi connectivity index (χ4v) is 1.06. The minimum absolute atomic E-state index is 0.00935. The zero-order valence-corrected chi connectivity index (χ0v) is 7.74. The van der Waals surface area contributed by atoms with Crippen LogP contribution in [0.5, 0.6) is 0 Å². The minimum atomic E-state index is -0.494. The Morgan fingerprint density at radius 1 is 1.57 bits per heavy atom. The zero-order valence-electron chi connectivity index (χ0n) is 7.74. The van der Waals surface area contributed by atoms with Crippen LogP contribution >= 0.6 is 0 Å². The molecule has 0 saturated carbocycles. The Bertz CT molecular complexity index is 374. The van der Waals surface area contributed by atoms with Crippen molar-refractivity contribution >= 4 is 6.08 Å². The Morgan fingerprint density at radius 3 is 2.71 bits per heavy atom. The Labute approximate surface area is 81.0 Å². The summed E-state index contributed by atoms with van der Waals surface area (Å²) in [5, 5.41) is 10.5. The average molecular weight is 195 g/mol. The lowest BCUT2D eigenvalue weighted by molar-refractivity contribution is -0.425. The molecule has 3 nitrogen and oxygen atoms in total. The van der Waals surface area contributed by atoms with Crippen molar-refractivity contribution < 1.29 is 9.31 Å². The molecule has 0 atom stereocenters. The first-order valence-electron chi connectivity index (χ1n) is 4.24. The summed E-state index contributed by atoms with van der Waals surface area (Å²) < 4.78 is 13.1. The van der Waals surface area contributed by atoms with Gasteiger partial charge in [0.2, 0.25) is 5.70 Å². The van der Waals surface area contributed by atoms with Gasteiger partial charge in [0.1, 0.15) is 5.82 Å². The highest BCUT2D eigenvalue weighted by Crippen LogP contribution is 2.13. The van der Waals surface area contributed by atoms with E-state index in [1.807, 2.05) is 0 Å². The predicted molar refractivity (Wildman–Crippen MR) is 51.7 cm³/mol. The van der Waals surface area contributed by atoms with E-state index in [0.29, 0.717) is 0 Å². The number of hydrogen-bond donors (Lipinski definition) is 0. The highest BCUT2D eigenvalue weighted by molar-refractivity contribution is 5.51. The number of allylic oxidation sites excluding steroid dienone is 1. The van der Waals surface area contributed by atoms with Crippen LogP contribution in [-0.4, -0.2) is 4.92 Å². The molecule has 0 aliphatic heterocycles. The smallest absolute Gasteiger partial charge is 0.246 e. The van der Waals surface area contributed by atoms with Crippen LogP contribution in [0.25, 0.3) is 6.08 Å². The molecule has 1 aromatic carbocycles. The van der Waals surface area contributed by atoms with E-state index in [4.69, 9.17) is 0 Å². The van der Waals surface area contributed by atoms with E-state index in [1.54, 1.807) is 19.1 Å². The summed E-state index contributed by atoms with van der Waals surface area (Å²) in [4.78, 5) is 9.97. The molecular formula is C10H10FNO2. The maximum Gasteiger partial charge on any atom is 0.246 e. The molecule has 0 aromatic heterocycles. The van der Waals surface area contributed by atoms with Gasteiger partial charge in [-0.25, -0.2) is 4.39 Å². The summed E-state index contributed by atoms with van der Waals surface area (Å²) in [5.74, 6) is -0.444. The molecule has 0 heterocycles. The normalized spacial score (nSPS) is 11.4. The van der Waals surface area contributed by atoms with Crippen LogP contribution in [0.15, 0.2) is 30.0 Å². The van der Waals surface area contributed by atoms with Crippen molar-refractivity contribution in [3.05, 3.63) is 51.5 Å². The Kier molecular flexibility index (Phi) is 3.34. The summed E-state index contributed by atoms with van der Waals surface area (Å²) in [6, 6.07) is 5.97. The fourth-order valence-electron chi connectivity index (χ4n) is 1.06. The zero-order chi connectivity index (χ0) is 10.6. The van der Waals surface area contributed by atoms with Crippen molar-refractivity contribution in [3.63, 3.8) is 0 Å². The summed E-state index contributed by atoms with van der Waals surface area (Å²) >= 11 is 0. The van der Waals surface area contributed by atoms with Gasteiger partial charge in [0, 0.05) is 18.1 Å². The second-order valence-corrected chi connectivity index (χ2v) is 2.77. The molecule has 0 spiro atoms. The lowest BCUT2D eigenvalue weighted by Crippen LogP contribution is -1.97. The van der Waals surface area contributed by atoms with Crippen LogP contribution in [0.1, 0.15) is 18.9 Å². The highest BCUT2D eigenvalue weighted by Gasteiger charge is 2.08. The van der Waals surface area contributed by atoms with Crippen molar-refractivity contribution in [2.24, 2.45) is 0 Å². The van der Waals surface area contributed by atoms with Gasteiger partial charge in [-0.15, -0.1) is 0 Å². The number of nitro groups is 1. The van der Waals surface area contributed by atoms with Crippen LogP contribution in [0.3, 0.4) is 0 Å². The SMILES string of the molecule is CC/C(=C/c1ccccc1F)[N+](=O)[O-]. The van der Waals surface area contributed by atoms with Crippen molar-refractivity contribution in [3.8, 4) is 0 Å². The monoisotopic (exact) mass is 195 g/mol. The van der Waals surface area contributed by atoms with Gasteiger partial charge in [-0.05, 0) is 6.07 Å². The average Bonchev–Trinajstić information content (AvgIpc) is 2.16. The van der Waals surface area contributed by atoms with E-state index >= 15 is 0 Å². The lowest BCUT2D eigenvalue weighted by atomic mass is 10.1. The van der Waals surface area contributed by atoms with Gasteiger partial charge < -0.3 is 0 Å². The molecule has 0 fully saturated rings. The molecule has 0 saturated heterocycles. The number of halogens is 1. The predicted octanol–water partition coefficient (Wildman–Crippen LogP) is 2.85. The van der Waals surface area contributed by atoms with Crippen molar-refractivity contribution in [2.45, 2.75) is 13.3 Å². The third-order valence-corrected chi connectivity index (χ3v) is 1.82. The van der Waals surface area contributed by atoms with E-state index < -0.39 is 10.7 Å². The van der Waals surface area contributed by atoms with Gasteiger partial charge >= 0.3 is 0 Å². The topological polar surface area (TPSA) is 43.1 Å². The molecule has 0 N–H and O–H groups in total. The van der Waals surface area contributed by atoms with Crippen molar-refractivity contribution in [2.75, 3.05) is 0 Å². The van der Waals surface area contributed by atoms with Crippen LogP contribution in [0.2, 0.25) is 0 Å². The lowest BCUT2D eigenvalue weighted by Gasteiger charge is -1.96. The number of benzene rings is 1. The molecular weight excluding hydrogens is 185 g/mol. The number of nitrogens with zero attached hydrogens (tertiary/aromatic N) is 1. The number of hydrogen-bond acceptors (Lipinski definition) is 2. The first kappa shape index (κ1) is 10.4. The van der Waals surface area contributed by atoms with Crippen LogP contribution in [0, 0.1) is 15.9 Å². The van der Waals surface area contributed by atoms with E-state index in [9.17, 15) is 14.5 Å². The molecule has 74 valence electrons. The molecule has 14 heavy (non-hydrogen) atoms. The van der Waals surface area contributed by atoms with Gasteiger partial charge in [0.25, 0.3) is 0 Å². The summed E-state index contributed by atoms with van der Waals surface area (Å²) in [6.45, 7) is 1.66. The summed E-state index contributed by atoms with van der Waals surface area (Å²) in [6.07, 6.45) is 1.54. The van der Waals surface area contributed by atoms with Crippen LogP contribution in [-0.2, 0) is 0 Å². The second-order valence-electron chi connectivity index (χ2n) is 2.77. The van der Waals surface area contributed by atoms with Crippen molar-refractivity contribution in [1.29, 1.82) is 0 Å². The standard InChI is InChI=1S/C10H10FNO2/c1-2-9(12(13)14)7-8-5-3-4-6-10(8)11/h3-7H,2H2,1H3/b9-7-. The fraction of sp³-hybridized carbons (Fsp3) is 0.200. The highest BCUT2D eigenvalue weighted by atomic mass is 19.1. The first-order chi connectivity index (χ1) is 6.65. The maximum absolute atomic E-state index is 13.1. The van der Waals surface area contributed by atoms with Gasteiger partial charge in [-0.2, -0.15) is 0 Å². The van der Waals surface area contributed by atoms with Gasteiger partial charge in [-0.3, -0.25) is 10.1 Å². The van der Waals surface area contributed by atoms with Gasteiger partial charge in [0.15, 0.2) is 0 Å².